The van der Waals surface area contributed by atoms with Gasteiger partial charge in [0.25, 0.3) is 0 Å². The van der Waals surface area contributed by atoms with Gasteiger partial charge in [0.2, 0.25) is 5.91 Å². The Hall–Kier alpha value is -1.51. The number of anilines is 1. The van der Waals surface area contributed by atoms with Gasteiger partial charge in [-0.15, -0.1) is 0 Å². The molecule has 1 aromatic rings. The van der Waals surface area contributed by atoms with Crippen LogP contribution in [-0.4, -0.2) is 13.0 Å². The summed E-state index contributed by atoms with van der Waals surface area (Å²) in [5.41, 5.74) is 0.843. The molecule has 1 N–H and O–H groups in total. The lowest BCUT2D eigenvalue weighted by molar-refractivity contribution is -0.118. The molecule has 0 bridgehead atoms. The Balaban J connectivity index is 1.93. The Bertz CT molecular complexity index is 481. The third-order valence-electron chi connectivity index (χ3n) is 4.98. The molecular formula is C19H29NO2. The fourth-order valence-electron chi connectivity index (χ4n) is 3.76. The molecule has 0 spiro atoms. The first-order chi connectivity index (χ1) is 10.5. The molecule has 1 aliphatic carbocycles. The molecule has 1 amide bonds. The summed E-state index contributed by atoms with van der Waals surface area (Å²) in [6, 6.07) is 7.52. The number of benzene rings is 1. The monoisotopic (exact) mass is 303 g/mol. The first-order valence-corrected chi connectivity index (χ1v) is 8.43. The lowest BCUT2D eigenvalue weighted by Gasteiger charge is -2.37. The highest BCUT2D eigenvalue weighted by molar-refractivity contribution is 5.90. The summed E-state index contributed by atoms with van der Waals surface area (Å²) >= 11 is 0. The van der Waals surface area contributed by atoms with E-state index in [4.69, 9.17) is 4.74 Å². The summed E-state index contributed by atoms with van der Waals surface area (Å²) < 4.78 is 5.14. The molecule has 122 valence electrons. The van der Waals surface area contributed by atoms with E-state index in [2.05, 4.69) is 26.1 Å². The summed E-state index contributed by atoms with van der Waals surface area (Å²) in [6.07, 6.45) is 4.39. The number of ether oxygens (including phenoxy) is 1. The summed E-state index contributed by atoms with van der Waals surface area (Å²) in [5, 5.41) is 3.02. The first-order valence-electron chi connectivity index (χ1n) is 8.43. The number of methoxy groups -OCH3 is 1. The standard InChI is InChI=1S/C19H29NO2/c1-13(2)18-10-5-14(3)11-15(18)12-19(21)20-16-6-8-17(22-4)9-7-16/h6-9,13-15,18H,5,10-12H2,1-4H3,(H,20,21). The molecule has 3 atom stereocenters. The van der Waals surface area contributed by atoms with Crippen LogP contribution in [-0.2, 0) is 4.79 Å². The molecule has 0 aliphatic heterocycles. The minimum absolute atomic E-state index is 0.134. The van der Waals surface area contributed by atoms with Crippen molar-refractivity contribution in [2.24, 2.45) is 23.7 Å². The molecule has 0 radical (unpaired) electrons. The van der Waals surface area contributed by atoms with Crippen LogP contribution < -0.4 is 10.1 Å². The lowest BCUT2D eigenvalue weighted by atomic mass is 9.69. The van der Waals surface area contributed by atoms with E-state index >= 15 is 0 Å². The predicted molar refractivity (Wildman–Crippen MR) is 91.1 cm³/mol. The molecule has 22 heavy (non-hydrogen) atoms. The summed E-state index contributed by atoms with van der Waals surface area (Å²) in [7, 11) is 1.64. The zero-order chi connectivity index (χ0) is 16.1. The Morgan fingerprint density at radius 1 is 1.27 bits per heavy atom. The van der Waals surface area contributed by atoms with Crippen molar-refractivity contribution < 1.29 is 9.53 Å². The van der Waals surface area contributed by atoms with Crippen molar-refractivity contribution in [2.45, 2.75) is 46.5 Å². The van der Waals surface area contributed by atoms with Crippen molar-refractivity contribution in [3.05, 3.63) is 24.3 Å². The second-order valence-electron chi connectivity index (χ2n) is 7.07. The van der Waals surface area contributed by atoms with Gasteiger partial charge in [-0.1, -0.05) is 27.2 Å². The molecular weight excluding hydrogens is 274 g/mol. The highest BCUT2D eigenvalue weighted by Gasteiger charge is 2.31. The van der Waals surface area contributed by atoms with Gasteiger partial charge in [-0.25, -0.2) is 0 Å². The Morgan fingerprint density at radius 2 is 1.95 bits per heavy atom. The highest BCUT2D eigenvalue weighted by atomic mass is 16.5. The van der Waals surface area contributed by atoms with Crippen molar-refractivity contribution in [3.8, 4) is 5.75 Å². The number of nitrogens with one attached hydrogen (secondary N) is 1. The van der Waals surface area contributed by atoms with Crippen LogP contribution in [0.3, 0.4) is 0 Å². The topological polar surface area (TPSA) is 38.3 Å². The summed E-state index contributed by atoms with van der Waals surface area (Å²) in [4.78, 5) is 12.4. The maximum Gasteiger partial charge on any atom is 0.224 e. The number of rotatable bonds is 5. The lowest BCUT2D eigenvalue weighted by Crippen LogP contribution is -2.30. The van der Waals surface area contributed by atoms with E-state index < -0.39 is 0 Å². The van der Waals surface area contributed by atoms with Gasteiger partial charge in [0.15, 0.2) is 0 Å². The normalized spacial score (nSPS) is 25.0. The van der Waals surface area contributed by atoms with E-state index in [1.807, 2.05) is 24.3 Å². The Labute approximate surface area is 134 Å². The minimum atomic E-state index is 0.134. The zero-order valence-electron chi connectivity index (χ0n) is 14.3. The number of amides is 1. The molecule has 3 heteroatoms. The van der Waals surface area contributed by atoms with Gasteiger partial charge in [0, 0.05) is 12.1 Å². The molecule has 0 aromatic heterocycles. The number of carbonyl (C=O) groups is 1. The molecule has 0 saturated heterocycles. The molecule has 2 rings (SSSR count). The Morgan fingerprint density at radius 3 is 2.55 bits per heavy atom. The maximum absolute atomic E-state index is 12.4. The van der Waals surface area contributed by atoms with Gasteiger partial charge < -0.3 is 10.1 Å². The molecule has 3 unspecified atom stereocenters. The van der Waals surface area contributed by atoms with Crippen molar-refractivity contribution in [2.75, 3.05) is 12.4 Å². The fourth-order valence-corrected chi connectivity index (χ4v) is 3.76. The fraction of sp³-hybridized carbons (Fsp3) is 0.632. The SMILES string of the molecule is COc1ccc(NC(=O)CC2CC(C)CCC2C(C)C)cc1. The van der Waals surface area contributed by atoms with E-state index in [-0.39, 0.29) is 5.91 Å². The van der Waals surface area contributed by atoms with Crippen LogP contribution in [0.5, 0.6) is 5.75 Å². The average Bonchev–Trinajstić information content (AvgIpc) is 2.47. The first kappa shape index (κ1) is 16.9. The van der Waals surface area contributed by atoms with Gasteiger partial charge >= 0.3 is 0 Å². The maximum atomic E-state index is 12.4. The second-order valence-corrected chi connectivity index (χ2v) is 7.07. The number of carbonyl (C=O) groups excluding carboxylic acids is 1. The van der Waals surface area contributed by atoms with Crippen molar-refractivity contribution in [3.63, 3.8) is 0 Å². The van der Waals surface area contributed by atoms with Crippen LogP contribution in [0.2, 0.25) is 0 Å². The Kier molecular flexibility index (Phi) is 5.87. The van der Waals surface area contributed by atoms with E-state index in [9.17, 15) is 4.79 Å². The second kappa shape index (κ2) is 7.66. The van der Waals surface area contributed by atoms with Crippen LogP contribution in [0.4, 0.5) is 5.69 Å². The molecule has 1 aromatic carbocycles. The summed E-state index contributed by atoms with van der Waals surface area (Å²) in [6.45, 7) is 6.88. The van der Waals surface area contributed by atoms with Crippen molar-refractivity contribution in [1.82, 2.24) is 0 Å². The number of hydrogen-bond acceptors (Lipinski definition) is 2. The van der Waals surface area contributed by atoms with Crippen LogP contribution in [0.15, 0.2) is 24.3 Å². The van der Waals surface area contributed by atoms with Gasteiger partial charge in [0.1, 0.15) is 5.75 Å². The van der Waals surface area contributed by atoms with Crippen LogP contribution in [0.1, 0.15) is 46.5 Å². The van der Waals surface area contributed by atoms with Crippen molar-refractivity contribution >= 4 is 11.6 Å². The van der Waals surface area contributed by atoms with Gasteiger partial charge in [-0.05, 0) is 60.8 Å². The average molecular weight is 303 g/mol. The van der Waals surface area contributed by atoms with Crippen LogP contribution >= 0.6 is 0 Å². The smallest absolute Gasteiger partial charge is 0.224 e. The molecule has 3 nitrogen and oxygen atoms in total. The van der Waals surface area contributed by atoms with E-state index in [0.717, 1.165) is 17.4 Å². The van der Waals surface area contributed by atoms with Crippen molar-refractivity contribution in [1.29, 1.82) is 0 Å². The predicted octanol–water partition coefficient (Wildman–Crippen LogP) is 4.73. The zero-order valence-corrected chi connectivity index (χ0v) is 14.3. The number of hydrogen-bond donors (Lipinski definition) is 1. The van der Waals surface area contributed by atoms with E-state index in [0.29, 0.717) is 24.2 Å². The third kappa shape index (κ3) is 4.49. The highest BCUT2D eigenvalue weighted by Crippen LogP contribution is 2.39. The third-order valence-corrected chi connectivity index (χ3v) is 4.98. The largest absolute Gasteiger partial charge is 0.497 e. The minimum Gasteiger partial charge on any atom is -0.497 e. The quantitative estimate of drug-likeness (QED) is 0.853. The van der Waals surface area contributed by atoms with Crippen LogP contribution in [0.25, 0.3) is 0 Å². The van der Waals surface area contributed by atoms with Gasteiger partial charge in [-0.2, -0.15) is 0 Å². The summed E-state index contributed by atoms with van der Waals surface area (Å²) in [5.74, 6) is 3.54. The molecule has 1 aliphatic rings. The molecule has 1 fully saturated rings. The van der Waals surface area contributed by atoms with Gasteiger partial charge in [0.05, 0.1) is 7.11 Å². The van der Waals surface area contributed by atoms with E-state index in [1.54, 1.807) is 7.11 Å². The molecule has 0 heterocycles. The van der Waals surface area contributed by atoms with E-state index in [1.165, 1.54) is 19.3 Å². The van der Waals surface area contributed by atoms with Crippen LogP contribution in [0, 0.1) is 23.7 Å². The molecule has 1 saturated carbocycles. The van der Waals surface area contributed by atoms with Gasteiger partial charge in [-0.3, -0.25) is 4.79 Å².